The van der Waals surface area contributed by atoms with Gasteiger partial charge in [-0.15, -0.1) is 11.3 Å². The highest BCUT2D eigenvalue weighted by Crippen LogP contribution is 2.30. The lowest BCUT2D eigenvalue weighted by molar-refractivity contribution is 1.24. The molecule has 5 nitrogen and oxygen atoms in total. The number of nitrogens with zero attached hydrogens (tertiary/aromatic N) is 4. The second kappa shape index (κ2) is 6.78. The van der Waals surface area contributed by atoms with E-state index in [1.165, 1.54) is 0 Å². The van der Waals surface area contributed by atoms with E-state index in [0.29, 0.717) is 0 Å². The predicted molar refractivity (Wildman–Crippen MR) is 101 cm³/mol. The number of hydrogen-bond donors (Lipinski definition) is 1. The lowest BCUT2D eigenvalue weighted by Crippen LogP contribution is -1.96. The lowest BCUT2D eigenvalue weighted by atomic mass is 10.3. The van der Waals surface area contributed by atoms with Crippen LogP contribution in [0.25, 0.3) is 21.3 Å². The van der Waals surface area contributed by atoms with Crippen LogP contribution in [0.4, 0.5) is 11.6 Å². The normalized spacial score (nSPS) is 10.6. The Morgan fingerprint density at radius 3 is 2.60 bits per heavy atom. The van der Waals surface area contributed by atoms with Gasteiger partial charge in [-0.2, -0.15) is 0 Å². The molecule has 0 amide bonds. The van der Waals surface area contributed by atoms with E-state index in [0.717, 1.165) is 38.5 Å². The molecule has 4 rings (SSSR count). The molecule has 0 aliphatic heterocycles. The molecule has 25 heavy (non-hydrogen) atoms. The molecule has 0 saturated carbocycles. The van der Waals surface area contributed by atoms with Crippen LogP contribution < -0.4 is 5.32 Å². The van der Waals surface area contributed by atoms with Gasteiger partial charge in [0.1, 0.15) is 16.6 Å². The molecule has 0 unspecified atom stereocenters. The molecule has 0 aliphatic rings. The molecule has 1 N–H and O–H groups in total. The second-order valence-corrected chi connectivity index (χ2v) is 6.53. The number of hydrogen-bond acceptors (Lipinski definition) is 6. The zero-order valence-corrected chi connectivity index (χ0v) is 14.4. The Bertz CT molecular complexity index is 997. The minimum Gasteiger partial charge on any atom is -0.325 e. The molecule has 0 atom stereocenters. The maximum Gasteiger partial charge on any atom is 0.142 e. The van der Waals surface area contributed by atoms with E-state index in [9.17, 15) is 0 Å². The summed E-state index contributed by atoms with van der Waals surface area (Å²) in [4.78, 5) is 18.8. The highest BCUT2D eigenvalue weighted by Gasteiger charge is 2.09. The zero-order chi connectivity index (χ0) is 17.1. The first-order chi connectivity index (χ1) is 12.3. The van der Waals surface area contributed by atoms with Crippen molar-refractivity contribution in [1.82, 2.24) is 19.9 Å². The van der Waals surface area contributed by atoms with E-state index >= 15 is 0 Å². The number of aromatic nitrogens is 4. The minimum atomic E-state index is 0.753. The highest BCUT2D eigenvalue weighted by atomic mass is 32.1. The van der Waals surface area contributed by atoms with Gasteiger partial charge in [-0.1, -0.05) is 12.1 Å². The summed E-state index contributed by atoms with van der Waals surface area (Å²) in [6.45, 7) is 2.03. The fourth-order valence-electron chi connectivity index (χ4n) is 2.38. The standard InChI is InChI=1S/C19H15N5S/c1-13-8-10-21-18(11-13)24-17-7-4-6-14(23-17)16-12-22-19(25-16)15-5-2-3-9-20-15/h2-12H,1H3,(H,21,23,24). The molecule has 4 aromatic heterocycles. The maximum atomic E-state index is 4.67. The average Bonchev–Trinajstić information content (AvgIpc) is 3.13. The molecule has 0 fully saturated rings. The van der Waals surface area contributed by atoms with Crippen LogP contribution in [0, 0.1) is 6.92 Å². The number of nitrogens with one attached hydrogen (secondary N) is 1. The van der Waals surface area contributed by atoms with Crippen LogP contribution in [0.2, 0.25) is 0 Å². The van der Waals surface area contributed by atoms with Crippen LogP contribution in [0.3, 0.4) is 0 Å². The number of rotatable bonds is 4. The Hall–Kier alpha value is -3.12. The van der Waals surface area contributed by atoms with E-state index in [4.69, 9.17) is 0 Å². The summed E-state index contributed by atoms with van der Waals surface area (Å²) in [6.07, 6.45) is 5.39. The molecule has 122 valence electrons. The van der Waals surface area contributed by atoms with Crippen molar-refractivity contribution in [3.63, 3.8) is 0 Å². The molecule has 0 aromatic carbocycles. The van der Waals surface area contributed by atoms with E-state index < -0.39 is 0 Å². The monoisotopic (exact) mass is 345 g/mol. The van der Waals surface area contributed by atoms with Crippen molar-refractivity contribution >= 4 is 23.0 Å². The molecule has 6 heteroatoms. The van der Waals surface area contributed by atoms with Crippen LogP contribution in [-0.2, 0) is 0 Å². The van der Waals surface area contributed by atoms with Gasteiger partial charge in [0.25, 0.3) is 0 Å². The number of thiazole rings is 1. The predicted octanol–water partition coefficient (Wildman–Crippen LogP) is 4.71. The van der Waals surface area contributed by atoms with Crippen LogP contribution >= 0.6 is 11.3 Å². The maximum absolute atomic E-state index is 4.67. The molecule has 4 heterocycles. The summed E-state index contributed by atoms with van der Waals surface area (Å²) in [5.74, 6) is 1.53. The molecular formula is C19H15N5S. The van der Waals surface area contributed by atoms with Crippen molar-refractivity contribution in [3.05, 3.63) is 72.7 Å². The first-order valence-corrected chi connectivity index (χ1v) is 8.64. The summed E-state index contributed by atoms with van der Waals surface area (Å²) < 4.78 is 0. The summed E-state index contributed by atoms with van der Waals surface area (Å²) in [5.41, 5.74) is 2.89. The first kappa shape index (κ1) is 15.4. The quantitative estimate of drug-likeness (QED) is 0.580. The Morgan fingerprint density at radius 2 is 1.76 bits per heavy atom. The van der Waals surface area contributed by atoms with Gasteiger partial charge in [-0.05, 0) is 48.9 Å². The van der Waals surface area contributed by atoms with Crippen molar-refractivity contribution < 1.29 is 0 Å². The molecule has 0 bridgehead atoms. The topological polar surface area (TPSA) is 63.6 Å². The van der Waals surface area contributed by atoms with Crippen LogP contribution in [0.1, 0.15) is 5.56 Å². The summed E-state index contributed by atoms with van der Waals surface area (Å²) in [6, 6.07) is 15.6. The SMILES string of the molecule is Cc1ccnc(Nc2cccc(-c3cnc(-c4ccccn4)s3)n2)c1. The summed E-state index contributed by atoms with van der Waals surface area (Å²) in [7, 11) is 0. The van der Waals surface area contributed by atoms with Gasteiger partial charge in [0.15, 0.2) is 0 Å². The van der Waals surface area contributed by atoms with Gasteiger partial charge in [-0.3, -0.25) is 4.98 Å². The van der Waals surface area contributed by atoms with Crippen LogP contribution in [0.15, 0.2) is 67.1 Å². The number of anilines is 2. The Morgan fingerprint density at radius 1 is 0.840 bits per heavy atom. The van der Waals surface area contributed by atoms with E-state index in [1.807, 2.05) is 61.7 Å². The Kier molecular flexibility index (Phi) is 4.18. The third-order valence-electron chi connectivity index (χ3n) is 3.56. The third-order valence-corrected chi connectivity index (χ3v) is 4.61. The van der Waals surface area contributed by atoms with Crippen molar-refractivity contribution in [2.75, 3.05) is 5.32 Å². The molecule has 0 spiro atoms. The van der Waals surface area contributed by atoms with Gasteiger partial charge in [0.2, 0.25) is 0 Å². The van der Waals surface area contributed by atoms with Crippen molar-refractivity contribution in [1.29, 1.82) is 0 Å². The second-order valence-electron chi connectivity index (χ2n) is 5.50. The summed E-state index contributed by atoms with van der Waals surface area (Å²) >= 11 is 1.58. The Balaban J connectivity index is 1.60. The smallest absolute Gasteiger partial charge is 0.142 e. The zero-order valence-electron chi connectivity index (χ0n) is 13.5. The molecule has 0 radical (unpaired) electrons. The van der Waals surface area contributed by atoms with E-state index in [1.54, 1.807) is 23.7 Å². The van der Waals surface area contributed by atoms with Crippen LogP contribution in [0.5, 0.6) is 0 Å². The molecule has 0 saturated heterocycles. The van der Waals surface area contributed by atoms with Crippen molar-refractivity contribution in [2.45, 2.75) is 6.92 Å². The van der Waals surface area contributed by atoms with E-state index in [2.05, 4.69) is 25.3 Å². The van der Waals surface area contributed by atoms with Gasteiger partial charge in [0.05, 0.1) is 16.3 Å². The van der Waals surface area contributed by atoms with Crippen molar-refractivity contribution in [2.24, 2.45) is 0 Å². The van der Waals surface area contributed by atoms with Gasteiger partial charge in [0, 0.05) is 18.6 Å². The molecule has 4 aromatic rings. The number of aryl methyl sites for hydroxylation is 1. The fourth-order valence-corrected chi connectivity index (χ4v) is 3.24. The Labute approximate surface area is 149 Å². The first-order valence-electron chi connectivity index (χ1n) is 7.82. The van der Waals surface area contributed by atoms with Gasteiger partial charge >= 0.3 is 0 Å². The molecular weight excluding hydrogens is 330 g/mol. The number of pyridine rings is 3. The average molecular weight is 345 g/mol. The van der Waals surface area contributed by atoms with Gasteiger partial charge < -0.3 is 5.32 Å². The van der Waals surface area contributed by atoms with Gasteiger partial charge in [-0.25, -0.2) is 15.0 Å². The highest BCUT2D eigenvalue weighted by molar-refractivity contribution is 7.18. The lowest BCUT2D eigenvalue weighted by Gasteiger charge is -2.06. The van der Waals surface area contributed by atoms with E-state index in [-0.39, 0.29) is 0 Å². The minimum absolute atomic E-state index is 0.753. The van der Waals surface area contributed by atoms with Crippen molar-refractivity contribution in [3.8, 4) is 21.3 Å². The molecule has 0 aliphatic carbocycles. The largest absolute Gasteiger partial charge is 0.325 e. The third kappa shape index (κ3) is 3.54. The fraction of sp³-hybridized carbons (Fsp3) is 0.0526. The van der Waals surface area contributed by atoms with Crippen LogP contribution in [-0.4, -0.2) is 19.9 Å². The summed E-state index contributed by atoms with van der Waals surface area (Å²) in [5, 5.41) is 4.13.